The predicted molar refractivity (Wildman–Crippen MR) is 83.4 cm³/mol. The molecule has 21 heavy (non-hydrogen) atoms. The minimum absolute atomic E-state index is 0.269. The molecule has 3 nitrogen and oxygen atoms in total. The second kappa shape index (κ2) is 6.12. The van der Waals surface area contributed by atoms with Crippen LogP contribution in [0.5, 0.6) is 5.75 Å². The van der Waals surface area contributed by atoms with Gasteiger partial charge in [-0.25, -0.2) is 9.37 Å². The molecule has 1 aliphatic carbocycles. The highest BCUT2D eigenvalue weighted by molar-refractivity contribution is 7.15. The smallest absolute Gasteiger partial charge is 0.165 e. The third-order valence-corrected chi connectivity index (χ3v) is 4.98. The molecule has 1 N–H and O–H groups in total. The molecule has 1 heterocycles. The minimum atomic E-state index is -0.341. The number of nitrogens with zero attached hydrogens (tertiary/aromatic N) is 1. The third kappa shape index (κ3) is 2.80. The van der Waals surface area contributed by atoms with Crippen molar-refractivity contribution >= 4 is 11.3 Å². The Kier molecular flexibility index (Phi) is 4.22. The SMILES string of the molecule is CCNC1CCCc2sc(-c3ccc(OC)c(F)c3)nc21. The van der Waals surface area contributed by atoms with Crippen LogP contribution >= 0.6 is 11.3 Å². The maximum atomic E-state index is 13.9. The molecule has 0 fully saturated rings. The first kappa shape index (κ1) is 14.5. The Morgan fingerprint density at radius 1 is 1.48 bits per heavy atom. The highest BCUT2D eigenvalue weighted by Crippen LogP contribution is 2.37. The fourth-order valence-corrected chi connectivity index (χ4v) is 3.95. The molecule has 0 bridgehead atoms. The number of hydrogen-bond donors (Lipinski definition) is 1. The van der Waals surface area contributed by atoms with E-state index in [2.05, 4.69) is 12.2 Å². The first-order valence-electron chi connectivity index (χ1n) is 7.29. The summed E-state index contributed by atoms with van der Waals surface area (Å²) in [5, 5.41) is 4.38. The van der Waals surface area contributed by atoms with Crippen molar-refractivity contribution < 1.29 is 9.13 Å². The summed E-state index contributed by atoms with van der Waals surface area (Å²) in [7, 11) is 1.47. The van der Waals surface area contributed by atoms with Crippen molar-refractivity contribution in [2.45, 2.75) is 32.2 Å². The summed E-state index contributed by atoms with van der Waals surface area (Å²) in [6.07, 6.45) is 3.39. The largest absolute Gasteiger partial charge is 0.494 e. The van der Waals surface area contributed by atoms with Crippen LogP contribution in [-0.4, -0.2) is 18.6 Å². The van der Waals surface area contributed by atoms with Crippen LogP contribution < -0.4 is 10.1 Å². The number of thiazole rings is 1. The van der Waals surface area contributed by atoms with Gasteiger partial charge < -0.3 is 10.1 Å². The molecule has 1 aromatic carbocycles. The van der Waals surface area contributed by atoms with E-state index in [9.17, 15) is 4.39 Å². The summed E-state index contributed by atoms with van der Waals surface area (Å²) in [5.41, 5.74) is 1.97. The summed E-state index contributed by atoms with van der Waals surface area (Å²) in [6, 6.07) is 5.37. The van der Waals surface area contributed by atoms with E-state index in [1.165, 1.54) is 24.5 Å². The molecule has 3 rings (SSSR count). The van der Waals surface area contributed by atoms with Gasteiger partial charge in [-0.15, -0.1) is 11.3 Å². The van der Waals surface area contributed by atoms with Gasteiger partial charge in [-0.3, -0.25) is 0 Å². The molecule has 0 saturated heterocycles. The Morgan fingerprint density at radius 2 is 2.33 bits per heavy atom. The van der Waals surface area contributed by atoms with Crippen molar-refractivity contribution in [2.75, 3.05) is 13.7 Å². The monoisotopic (exact) mass is 306 g/mol. The molecule has 0 saturated carbocycles. The van der Waals surface area contributed by atoms with Gasteiger partial charge in [-0.2, -0.15) is 0 Å². The van der Waals surface area contributed by atoms with Crippen LogP contribution in [0, 0.1) is 5.82 Å². The number of benzene rings is 1. The van der Waals surface area contributed by atoms with Crippen LogP contribution in [0.2, 0.25) is 0 Å². The zero-order valence-corrected chi connectivity index (χ0v) is 13.1. The topological polar surface area (TPSA) is 34.1 Å². The van der Waals surface area contributed by atoms with E-state index in [0.29, 0.717) is 6.04 Å². The number of hydrogen-bond acceptors (Lipinski definition) is 4. The van der Waals surface area contributed by atoms with Gasteiger partial charge in [0.25, 0.3) is 0 Å². The number of halogens is 1. The summed E-state index contributed by atoms with van der Waals surface area (Å²) in [4.78, 5) is 6.10. The van der Waals surface area contributed by atoms with Crippen molar-refractivity contribution in [3.63, 3.8) is 0 Å². The maximum Gasteiger partial charge on any atom is 0.165 e. The number of aromatic nitrogens is 1. The highest BCUT2D eigenvalue weighted by atomic mass is 32.1. The zero-order chi connectivity index (χ0) is 14.8. The number of aryl methyl sites for hydroxylation is 1. The molecule has 1 aliphatic rings. The fourth-order valence-electron chi connectivity index (χ4n) is 2.79. The van der Waals surface area contributed by atoms with Crippen molar-refractivity contribution in [2.24, 2.45) is 0 Å². The van der Waals surface area contributed by atoms with Gasteiger partial charge in [-0.1, -0.05) is 6.92 Å². The van der Waals surface area contributed by atoms with Crippen LogP contribution in [0.3, 0.4) is 0 Å². The summed E-state index contributed by atoms with van der Waals surface area (Å²) < 4.78 is 18.8. The molecule has 5 heteroatoms. The van der Waals surface area contributed by atoms with Crippen LogP contribution in [0.1, 0.15) is 36.4 Å². The molecular weight excluding hydrogens is 287 g/mol. The van der Waals surface area contributed by atoms with E-state index < -0.39 is 0 Å². The lowest BCUT2D eigenvalue weighted by Gasteiger charge is -2.21. The number of fused-ring (bicyclic) bond motifs is 1. The lowest BCUT2D eigenvalue weighted by atomic mass is 9.97. The zero-order valence-electron chi connectivity index (χ0n) is 12.3. The fraction of sp³-hybridized carbons (Fsp3) is 0.438. The Bertz CT molecular complexity index is 641. The van der Waals surface area contributed by atoms with Crippen LogP contribution in [0.4, 0.5) is 4.39 Å². The first-order valence-corrected chi connectivity index (χ1v) is 8.11. The van der Waals surface area contributed by atoms with Crippen molar-refractivity contribution in [1.82, 2.24) is 10.3 Å². The Hall–Kier alpha value is -1.46. The Labute approximate surface area is 128 Å². The number of ether oxygens (including phenoxy) is 1. The molecule has 0 radical (unpaired) electrons. The van der Waals surface area contributed by atoms with Gasteiger partial charge in [0, 0.05) is 10.4 Å². The molecule has 0 amide bonds. The van der Waals surface area contributed by atoms with Gasteiger partial charge in [-0.05, 0) is 44.0 Å². The van der Waals surface area contributed by atoms with E-state index in [1.54, 1.807) is 17.4 Å². The summed E-state index contributed by atoms with van der Waals surface area (Å²) >= 11 is 1.68. The van der Waals surface area contributed by atoms with Gasteiger partial charge in [0.15, 0.2) is 11.6 Å². The molecular formula is C16H19FN2OS. The molecule has 1 unspecified atom stereocenters. The standard InChI is InChI=1S/C16H19FN2OS/c1-3-18-12-5-4-6-14-15(12)19-16(21-14)10-7-8-13(20-2)11(17)9-10/h7-9,12,18H,3-6H2,1-2H3. The maximum absolute atomic E-state index is 13.9. The van der Waals surface area contributed by atoms with E-state index >= 15 is 0 Å². The van der Waals surface area contributed by atoms with Crippen LogP contribution in [-0.2, 0) is 6.42 Å². The van der Waals surface area contributed by atoms with E-state index in [-0.39, 0.29) is 11.6 Å². The number of methoxy groups -OCH3 is 1. The van der Waals surface area contributed by atoms with Crippen LogP contribution in [0.15, 0.2) is 18.2 Å². The van der Waals surface area contributed by atoms with E-state index in [4.69, 9.17) is 9.72 Å². The number of nitrogens with one attached hydrogen (secondary N) is 1. The van der Waals surface area contributed by atoms with Gasteiger partial charge in [0.2, 0.25) is 0 Å². The van der Waals surface area contributed by atoms with Gasteiger partial charge in [0.05, 0.1) is 18.8 Å². The quantitative estimate of drug-likeness (QED) is 0.929. The van der Waals surface area contributed by atoms with Gasteiger partial charge >= 0.3 is 0 Å². The summed E-state index contributed by atoms with van der Waals surface area (Å²) in [5.74, 6) is -0.0722. The molecule has 2 aromatic rings. The van der Waals surface area contributed by atoms with Gasteiger partial charge in [0.1, 0.15) is 5.01 Å². The van der Waals surface area contributed by atoms with Crippen LogP contribution in [0.25, 0.3) is 10.6 Å². The van der Waals surface area contributed by atoms with E-state index in [1.807, 2.05) is 6.07 Å². The summed E-state index contributed by atoms with van der Waals surface area (Å²) in [6.45, 7) is 3.05. The molecule has 112 valence electrons. The molecule has 0 spiro atoms. The second-order valence-electron chi connectivity index (χ2n) is 5.18. The van der Waals surface area contributed by atoms with Crippen molar-refractivity contribution in [3.05, 3.63) is 34.6 Å². The number of rotatable bonds is 4. The lowest BCUT2D eigenvalue weighted by molar-refractivity contribution is 0.386. The van der Waals surface area contributed by atoms with Crippen molar-refractivity contribution in [1.29, 1.82) is 0 Å². The second-order valence-corrected chi connectivity index (χ2v) is 6.26. The highest BCUT2D eigenvalue weighted by Gasteiger charge is 2.24. The molecule has 1 atom stereocenters. The van der Waals surface area contributed by atoms with E-state index in [0.717, 1.165) is 35.7 Å². The Morgan fingerprint density at radius 3 is 3.05 bits per heavy atom. The normalized spacial score (nSPS) is 17.6. The first-order chi connectivity index (χ1) is 10.2. The third-order valence-electron chi connectivity index (χ3n) is 3.80. The minimum Gasteiger partial charge on any atom is -0.494 e. The average molecular weight is 306 g/mol. The predicted octanol–water partition coefficient (Wildman–Crippen LogP) is 3.94. The average Bonchev–Trinajstić information content (AvgIpc) is 2.92. The van der Waals surface area contributed by atoms with Crippen molar-refractivity contribution in [3.8, 4) is 16.3 Å². The lowest BCUT2D eigenvalue weighted by Crippen LogP contribution is -2.24. The Balaban J connectivity index is 1.95. The molecule has 0 aliphatic heterocycles. The molecule has 1 aromatic heterocycles.